The third-order valence-electron chi connectivity index (χ3n) is 2.40. The topological polar surface area (TPSA) is 86.1 Å². The molecule has 1 aliphatic heterocycles. The number of pyridine rings is 1. The van der Waals surface area contributed by atoms with Crippen molar-refractivity contribution < 1.29 is 9.59 Å². The number of nitriles is 1. The summed E-state index contributed by atoms with van der Waals surface area (Å²) in [6.45, 7) is 0.687. The monoisotopic (exact) mass is 230 g/mol. The van der Waals surface area contributed by atoms with Crippen LogP contribution < -0.4 is 5.32 Å². The summed E-state index contributed by atoms with van der Waals surface area (Å²) in [4.78, 5) is 28.0. The third-order valence-corrected chi connectivity index (χ3v) is 2.40. The van der Waals surface area contributed by atoms with E-state index in [2.05, 4.69) is 10.3 Å². The standard InChI is InChI=1S/C11H10N4O2/c12-4-9-8(2-1-3-13-9)5-15-6-10(16)14-11(17)7-15/h1-3H,5-7H2,(H,14,16,17). The molecule has 0 spiro atoms. The lowest BCUT2D eigenvalue weighted by Gasteiger charge is -2.25. The second kappa shape index (κ2) is 4.72. The summed E-state index contributed by atoms with van der Waals surface area (Å²) in [6, 6.07) is 5.47. The van der Waals surface area contributed by atoms with Crippen molar-refractivity contribution in [3.8, 4) is 6.07 Å². The van der Waals surface area contributed by atoms with Gasteiger partial charge in [0.1, 0.15) is 11.8 Å². The molecule has 6 heteroatoms. The number of hydrogen-bond donors (Lipinski definition) is 1. The molecule has 86 valence electrons. The van der Waals surface area contributed by atoms with Gasteiger partial charge >= 0.3 is 0 Å². The lowest BCUT2D eigenvalue weighted by molar-refractivity contribution is -0.136. The largest absolute Gasteiger partial charge is 0.294 e. The number of carbonyl (C=O) groups excluding carboxylic acids is 2. The molecule has 0 saturated carbocycles. The summed E-state index contributed by atoms with van der Waals surface area (Å²) in [5, 5.41) is 11.1. The van der Waals surface area contributed by atoms with Gasteiger partial charge < -0.3 is 0 Å². The van der Waals surface area contributed by atoms with Gasteiger partial charge in [-0.05, 0) is 6.07 Å². The molecule has 2 rings (SSSR count). The Morgan fingerprint density at radius 2 is 2.12 bits per heavy atom. The van der Waals surface area contributed by atoms with Crippen LogP contribution in [0.2, 0.25) is 0 Å². The number of nitrogens with zero attached hydrogens (tertiary/aromatic N) is 3. The van der Waals surface area contributed by atoms with Gasteiger partial charge in [-0.25, -0.2) is 4.98 Å². The van der Waals surface area contributed by atoms with Crippen LogP contribution in [0.25, 0.3) is 0 Å². The summed E-state index contributed by atoms with van der Waals surface area (Å²) in [7, 11) is 0. The number of nitrogens with one attached hydrogen (secondary N) is 1. The minimum Gasteiger partial charge on any atom is -0.294 e. The predicted octanol–water partition coefficient (Wildman–Crippen LogP) is -0.588. The number of imide groups is 1. The van der Waals surface area contributed by atoms with Crippen LogP contribution in [-0.2, 0) is 16.1 Å². The molecule has 0 bridgehead atoms. The first kappa shape index (κ1) is 11.2. The average molecular weight is 230 g/mol. The first-order valence-corrected chi connectivity index (χ1v) is 5.08. The van der Waals surface area contributed by atoms with E-state index in [1.165, 1.54) is 6.20 Å². The fraction of sp³-hybridized carbons (Fsp3) is 0.273. The normalized spacial score (nSPS) is 16.4. The highest BCUT2D eigenvalue weighted by Crippen LogP contribution is 2.09. The lowest BCUT2D eigenvalue weighted by atomic mass is 10.2. The van der Waals surface area contributed by atoms with Crippen molar-refractivity contribution in [3.63, 3.8) is 0 Å². The van der Waals surface area contributed by atoms with Crippen molar-refractivity contribution in [2.75, 3.05) is 13.1 Å². The van der Waals surface area contributed by atoms with Crippen molar-refractivity contribution >= 4 is 11.8 Å². The lowest BCUT2D eigenvalue weighted by Crippen LogP contribution is -2.50. The molecule has 2 heterocycles. The van der Waals surface area contributed by atoms with Gasteiger partial charge in [0.2, 0.25) is 11.8 Å². The van der Waals surface area contributed by atoms with Crippen molar-refractivity contribution in [1.82, 2.24) is 15.2 Å². The fourth-order valence-electron chi connectivity index (χ4n) is 1.72. The van der Waals surface area contributed by atoms with Gasteiger partial charge in [0.25, 0.3) is 0 Å². The van der Waals surface area contributed by atoms with E-state index in [1.807, 2.05) is 6.07 Å². The molecule has 0 radical (unpaired) electrons. The quantitative estimate of drug-likeness (QED) is 0.686. The number of piperazine rings is 1. The molecular formula is C11H10N4O2. The molecule has 1 N–H and O–H groups in total. The smallest absolute Gasteiger partial charge is 0.240 e. The maximum absolute atomic E-state index is 11.2. The van der Waals surface area contributed by atoms with Crippen LogP contribution in [0.5, 0.6) is 0 Å². The average Bonchev–Trinajstić information content (AvgIpc) is 2.28. The second-order valence-corrected chi connectivity index (χ2v) is 3.74. The number of carbonyl (C=O) groups is 2. The molecule has 1 saturated heterocycles. The zero-order chi connectivity index (χ0) is 12.3. The molecule has 1 aromatic heterocycles. The van der Waals surface area contributed by atoms with E-state index in [0.717, 1.165) is 5.56 Å². The Morgan fingerprint density at radius 1 is 1.41 bits per heavy atom. The number of rotatable bonds is 2. The molecule has 1 aromatic rings. The van der Waals surface area contributed by atoms with Crippen molar-refractivity contribution in [1.29, 1.82) is 5.26 Å². The maximum Gasteiger partial charge on any atom is 0.240 e. The van der Waals surface area contributed by atoms with Gasteiger partial charge in [0.05, 0.1) is 13.1 Å². The zero-order valence-electron chi connectivity index (χ0n) is 9.01. The predicted molar refractivity (Wildman–Crippen MR) is 57.4 cm³/mol. The Morgan fingerprint density at radius 3 is 2.76 bits per heavy atom. The first-order chi connectivity index (χ1) is 8.19. The molecule has 0 unspecified atom stereocenters. The van der Waals surface area contributed by atoms with Gasteiger partial charge in [-0.3, -0.25) is 19.8 Å². The Labute approximate surface area is 97.9 Å². The summed E-state index contributed by atoms with van der Waals surface area (Å²) >= 11 is 0. The van der Waals surface area contributed by atoms with E-state index < -0.39 is 0 Å². The highest BCUT2D eigenvalue weighted by molar-refractivity contribution is 5.99. The van der Waals surface area contributed by atoms with E-state index >= 15 is 0 Å². The van der Waals surface area contributed by atoms with Crippen LogP contribution in [-0.4, -0.2) is 34.8 Å². The van der Waals surface area contributed by atoms with E-state index in [1.54, 1.807) is 17.0 Å². The minimum atomic E-state index is -0.316. The SMILES string of the molecule is N#Cc1ncccc1CN1CC(=O)NC(=O)C1. The van der Waals surface area contributed by atoms with E-state index in [0.29, 0.717) is 12.2 Å². The molecule has 2 amide bonds. The Balaban J connectivity index is 2.13. The number of amides is 2. The molecule has 0 aromatic carbocycles. The highest BCUT2D eigenvalue weighted by atomic mass is 16.2. The van der Waals surface area contributed by atoms with Gasteiger partial charge in [0, 0.05) is 18.3 Å². The van der Waals surface area contributed by atoms with E-state index in [4.69, 9.17) is 5.26 Å². The summed E-state index contributed by atoms with van der Waals surface area (Å²) < 4.78 is 0. The molecule has 0 aliphatic carbocycles. The van der Waals surface area contributed by atoms with E-state index in [-0.39, 0.29) is 24.9 Å². The van der Waals surface area contributed by atoms with E-state index in [9.17, 15) is 9.59 Å². The molecule has 1 fully saturated rings. The second-order valence-electron chi connectivity index (χ2n) is 3.74. The van der Waals surface area contributed by atoms with Crippen LogP contribution in [0.4, 0.5) is 0 Å². The third kappa shape index (κ3) is 2.65. The van der Waals surface area contributed by atoms with Gasteiger partial charge in [-0.15, -0.1) is 0 Å². The zero-order valence-corrected chi connectivity index (χ0v) is 9.01. The Hall–Kier alpha value is -2.26. The maximum atomic E-state index is 11.2. The summed E-state index contributed by atoms with van der Waals surface area (Å²) in [5.41, 5.74) is 1.04. The molecular weight excluding hydrogens is 220 g/mol. The van der Waals surface area contributed by atoms with Crippen LogP contribution >= 0.6 is 0 Å². The highest BCUT2D eigenvalue weighted by Gasteiger charge is 2.22. The molecule has 6 nitrogen and oxygen atoms in total. The summed E-state index contributed by atoms with van der Waals surface area (Å²) in [6.07, 6.45) is 1.54. The molecule has 17 heavy (non-hydrogen) atoms. The Bertz CT molecular complexity index is 490. The van der Waals surface area contributed by atoms with Crippen LogP contribution in [0.1, 0.15) is 11.3 Å². The number of aromatic nitrogens is 1. The molecule has 0 atom stereocenters. The minimum absolute atomic E-state index is 0.158. The van der Waals surface area contributed by atoms with Crippen LogP contribution in [0.3, 0.4) is 0 Å². The van der Waals surface area contributed by atoms with Gasteiger partial charge in [0.15, 0.2) is 0 Å². The fourth-order valence-corrected chi connectivity index (χ4v) is 1.72. The first-order valence-electron chi connectivity index (χ1n) is 5.08. The van der Waals surface area contributed by atoms with Crippen molar-refractivity contribution in [2.45, 2.75) is 6.54 Å². The summed E-state index contributed by atoms with van der Waals surface area (Å²) in [5.74, 6) is -0.632. The van der Waals surface area contributed by atoms with Crippen LogP contribution in [0, 0.1) is 11.3 Å². The number of hydrogen-bond acceptors (Lipinski definition) is 5. The molecule has 1 aliphatic rings. The van der Waals surface area contributed by atoms with Gasteiger partial charge in [-0.2, -0.15) is 5.26 Å². The Kier molecular flexibility index (Phi) is 3.12. The van der Waals surface area contributed by atoms with Crippen molar-refractivity contribution in [3.05, 3.63) is 29.6 Å². The van der Waals surface area contributed by atoms with Gasteiger partial charge in [-0.1, -0.05) is 6.07 Å². The van der Waals surface area contributed by atoms with Crippen LogP contribution in [0.15, 0.2) is 18.3 Å². The van der Waals surface area contributed by atoms with Crippen molar-refractivity contribution in [2.24, 2.45) is 0 Å².